The van der Waals surface area contributed by atoms with Crippen molar-refractivity contribution < 1.29 is 4.79 Å². The zero-order valence-corrected chi connectivity index (χ0v) is 12.4. The van der Waals surface area contributed by atoms with E-state index in [1.54, 1.807) is 12.1 Å². The molecule has 1 aromatic heterocycles. The molecule has 3 rings (SSSR count). The normalized spacial score (nSPS) is 10.3. The van der Waals surface area contributed by atoms with Crippen molar-refractivity contribution >= 4 is 34.7 Å². The number of hydrogen-bond donors (Lipinski definition) is 1. The summed E-state index contributed by atoms with van der Waals surface area (Å²) in [4.78, 5) is 12.8. The Hall–Kier alpha value is -2.24. The molecule has 6 heteroatoms. The Labute approximate surface area is 130 Å². The molecule has 0 saturated carbocycles. The number of aromatic nitrogens is 2. The van der Waals surface area contributed by atoms with E-state index >= 15 is 0 Å². The SMILES string of the molecule is O=C(Nc1ccccc1Cl)c1snnc1-c1ccccc1. The summed E-state index contributed by atoms with van der Waals surface area (Å²) in [6.07, 6.45) is 0. The molecule has 0 unspecified atom stereocenters. The van der Waals surface area contributed by atoms with Crippen molar-refractivity contribution in [3.8, 4) is 11.3 Å². The summed E-state index contributed by atoms with van der Waals surface area (Å²) in [5, 5.41) is 7.32. The first-order chi connectivity index (χ1) is 10.3. The van der Waals surface area contributed by atoms with E-state index in [0.717, 1.165) is 17.1 Å². The number of nitrogens with one attached hydrogen (secondary N) is 1. The third-order valence-corrected chi connectivity index (χ3v) is 3.92. The van der Waals surface area contributed by atoms with E-state index in [9.17, 15) is 4.79 Å². The smallest absolute Gasteiger partial charge is 0.269 e. The van der Waals surface area contributed by atoms with Gasteiger partial charge in [0.15, 0.2) is 0 Å². The quantitative estimate of drug-likeness (QED) is 0.791. The third kappa shape index (κ3) is 2.94. The van der Waals surface area contributed by atoms with E-state index in [1.807, 2.05) is 42.5 Å². The summed E-state index contributed by atoms with van der Waals surface area (Å²) in [6.45, 7) is 0. The molecule has 0 radical (unpaired) electrons. The highest BCUT2D eigenvalue weighted by Crippen LogP contribution is 2.26. The van der Waals surface area contributed by atoms with Crippen LogP contribution in [-0.2, 0) is 0 Å². The fourth-order valence-corrected chi connectivity index (χ4v) is 2.63. The van der Waals surface area contributed by atoms with Crippen molar-refractivity contribution in [2.75, 3.05) is 5.32 Å². The van der Waals surface area contributed by atoms with Crippen LogP contribution in [0.5, 0.6) is 0 Å². The molecule has 0 bridgehead atoms. The van der Waals surface area contributed by atoms with Crippen LogP contribution in [0.3, 0.4) is 0 Å². The molecule has 21 heavy (non-hydrogen) atoms. The molecule has 2 aromatic carbocycles. The van der Waals surface area contributed by atoms with Gasteiger partial charge in [0.1, 0.15) is 10.6 Å². The highest BCUT2D eigenvalue weighted by Gasteiger charge is 2.18. The molecule has 0 fully saturated rings. The van der Waals surface area contributed by atoms with Gasteiger partial charge in [-0.15, -0.1) is 5.10 Å². The molecule has 4 nitrogen and oxygen atoms in total. The van der Waals surface area contributed by atoms with E-state index in [-0.39, 0.29) is 5.91 Å². The first kappa shape index (κ1) is 13.7. The van der Waals surface area contributed by atoms with E-state index in [4.69, 9.17) is 11.6 Å². The minimum Gasteiger partial charge on any atom is -0.320 e. The molecule has 0 saturated heterocycles. The number of anilines is 1. The van der Waals surface area contributed by atoms with Crippen molar-refractivity contribution in [3.05, 3.63) is 64.5 Å². The van der Waals surface area contributed by atoms with Gasteiger partial charge in [0.05, 0.1) is 10.7 Å². The fraction of sp³-hybridized carbons (Fsp3) is 0. The van der Waals surface area contributed by atoms with Gasteiger partial charge in [-0.2, -0.15) is 0 Å². The second kappa shape index (κ2) is 6.03. The second-order valence-electron chi connectivity index (χ2n) is 4.25. The van der Waals surface area contributed by atoms with Crippen molar-refractivity contribution in [1.29, 1.82) is 0 Å². The maximum atomic E-state index is 12.4. The van der Waals surface area contributed by atoms with Crippen molar-refractivity contribution in [2.24, 2.45) is 0 Å². The second-order valence-corrected chi connectivity index (χ2v) is 5.41. The number of carbonyl (C=O) groups is 1. The number of rotatable bonds is 3. The molecule has 0 spiro atoms. The van der Waals surface area contributed by atoms with Gasteiger partial charge in [-0.1, -0.05) is 58.6 Å². The molecule has 1 heterocycles. The van der Waals surface area contributed by atoms with Crippen LogP contribution in [0.25, 0.3) is 11.3 Å². The van der Waals surface area contributed by atoms with Gasteiger partial charge in [0, 0.05) is 5.56 Å². The van der Waals surface area contributed by atoms with Crippen molar-refractivity contribution in [2.45, 2.75) is 0 Å². The summed E-state index contributed by atoms with van der Waals surface area (Å²) >= 11 is 7.11. The predicted molar refractivity (Wildman–Crippen MR) is 84.8 cm³/mol. The zero-order chi connectivity index (χ0) is 14.7. The van der Waals surface area contributed by atoms with E-state index in [1.165, 1.54) is 0 Å². The summed E-state index contributed by atoms with van der Waals surface area (Å²) in [6, 6.07) is 16.6. The number of para-hydroxylation sites is 1. The number of hydrogen-bond acceptors (Lipinski definition) is 4. The standard InChI is InChI=1S/C15H10ClN3OS/c16-11-8-4-5-9-12(11)17-15(20)14-13(18-19-21-14)10-6-2-1-3-7-10/h1-9H,(H,17,20). The first-order valence-corrected chi connectivity index (χ1v) is 7.34. The maximum absolute atomic E-state index is 12.4. The van der Waals surface area contributed by atoms with E-state index in [2.05, 4.69) is 14.9 Å². The monoisotopic (exact) mass is 315 g/mol. The molecule has 1 amide bonds. The van der Waals surface area contributed by atoms with Crippen LogP contribution in [0, 0.1) is 0 Å². The van der Waals surface area contributed by atoms with Crippen LogP contribution >= 0.6 is 23.1 Å². The van der Waals surface area contributed by atoms with Gasteiger partial charge in [-0.25, -0.2) is 0 Å². The predicted octanol–water partition coefficient (Wildman–Crippen LogP) is 4.11. The topological polar surface area (TPSA) is 54.9 Å². The highest BCUT2D eigenvalue weighted by atomic mass is 35.5. The van der Waals surface area contributed by atoms with Crippen LogP contribution in [0.4, 0.5) is 5.69 Å². The van der Waals surface area contributed by atoms with Gasteiger partial charge in [-0.05, 0) is 23.7 Å². The maximum Gasteiger partial charge on any atom is 0.269 e. The minimum atomic E-state index is -0.267. The molecule has 0 atom stereocenters. The first-order valence-electron chi connectivity index (χ1n) is 6.19. The van der Waals surface area contributed by atoms with Gasteiger partial charge in [-0.3, -0.25) is 4.79 Å². The highest BCUT2D eigenvalue weighted by molar-refractivity contribution is 7.08. The number of carbonyl (C=O) groups excluding carboxylic acids is 1. The van der Waals surface area contributed by atoms with Crippen molar-refractivity contribution in [3.63, 3.8) is 0 Å². The average molecular weight is 316 g/mol. The van der Waals surface area contributed by atoms with Crippen molar-refractivity contribution in [1.82, 2.24) is 9.59 Å². The van der Waals surface area contributed by atoms with Crippen LogP contribution < -0.4 is 5.32 Å². The summed E-state index contributed by atoms with van der Waals surface area (Å²) in [5.74, 6) is -0.267. The van der Waals surface area contributed by atoms with Crippen LogP contribution in [0.2, 0.25) is 5.02 Å². The largest absolute Gasteiger partial charge is 0.320 e. The Kier molecular flexibility index (Phi) is 3.94. The summed E-state index contributed by atoms with van der Waals surface area (Å²) < 4.78 is 3.88. The molecule has 0 aliphatic carbocycles. The van der Waals surface area contributed by atoms with Gasteiger partial charge in [0.25, 0.3) is 5.91 Å². The van der Waals surface area contributed by atoms with Crippen LogP contribution in [0.1, 0.15) is 9.67 Å². The average Bonchev–Trinajstić information content (AvgIpc) is 3.00. The lowest BCUT2D eigenvalue weighted by atomic mass is 10.1. The summed E-state index contributed by atoms with van der Waals surface area (Å²) in [5.41, 5.74) is 2.00. The van der Waals surface area contributed by atoms with Crippen LogP contribution in [-0.4, -0.2) is 15.5 Å². The molecule has 0 aliphatic heterocycles. The van der Waals surface area contributed by atoms with Gasteiger partial charge >= 0.3 is 0 Å². The lowest BCUT2D eigenvalue weighted by molar-refractivity contribution is 0.103. The van der Waals surface area contributed by atoms with Crippen LogP contribution in [0.15, 0.2) is 54.6 Å². The molecular formula is C15H10ClN3OS. The molecule has 3 aromatic rings. The Balaban J connectivity index is 1.90. The number of nitrogens with zero attached hydrogens (tertiary/aromatic N) is 2. The zero-order valence-electron chi connectivity index (χ0n) is 10.8. The number of benzene rings is 2. The lowest BCUT2D eigenvalue weighted by Crippen LogP contribution is -2.11. The third-order valence-electron chi connectivity index (χ3n) is 2.86. The number of amides is 1. The number of halogens is 1. The van der Waals surface area contributed by atoms with Gasteiger partial charge < -0.3 is 5.32 Å². The molecular weight excluding hydrogens is 306 g/mol. The minimum absolute atomic E-state index is 0.267. The van der Waals surface area contributed by atoms with E-state index in [0.29, 0.717) is 21.3 Å². The Morgan fingerprint density at radius 2 is 1.76 bits per heavy atom. The molecule has 104 valence electrons. The molecule has 1 N–H and O–H groups in total. The lowest BCUT2D eigenvalue weighted by Gasteiger charge is -2.06. The van der Waals surface area contributed by atoms with Gasteiger partial charge in [0.2, 0.25) is 0 Å². The Bertz CT molecular complexity index is 773. The Morgan fingerprint density at radius 1 is 1.05 bits per heavy atom. The molecule has 0 aliphatic rings. The summed E-state index contributed by atoms with van der Waals surface area (Å²) in [7, 11) is 0. The van der Waals surface area contributed by atoms with E-state index < -0.39 is 0 Å². The fourth-order valence-electron chi connectivity index (χ4n) is 1.87. The Morgan fingerprint density at radius 3 is 2.52 bits per heavy atom.